The Morgan fingerprint density at radius 2 is 2.00 bits per heavy atom. The molecule has 1 aliphatic heterocycles. The molecule has 0 radical (unpaired) electrons. The Morgan fingerprint density at radius 1 is 1.21 bits per heavy atom. The van der Waals surface area contributed by atoms with Crippen molar-refractivity contribution in [1.29, 1.82) is 0 Å². The number of rotatable bonds is 7. The van der Waals surface area contributed by atoms with E-state index in [9.17, 15) is 0 Å². The summed E-state index contributed by atoms with van der Waals surface area (Å²) in [4.78, 5) is 9.12. The van der Waals surface area contributed by atoms with E-state index < -0.39 is 0 Å². The normalized spacial score (nSPS) is 18.1. The lowest BCUT2D eigenvalue weighted by molar-refractivity contribution is 0.0822. The molecule has 3 heterocycles. The Hall–Kier alpha value is -1.87. The first-order valence-corrected chi connectivity index (χ1v) is 8.69. The maximum atomic E-state index is 5.30. The largest absolute Gasteiger partial charge is 0.338 e. The van der Waals surface area contributed by atoms with Crippen molar-refractivity contribution in [2.24, 2.45) is 0 Å². The molecule has 132 valence electrons. The SMILES string of the molecule is CCCCn1nnnc1CN1CCN([C@H](C)c2nc(C)no2)CC1. The fourth-order valence-electron chi connectivity index (χ4n) is 2.97. The number of tetrazole rings is 1. The quantitative estimate of drug-likeness (QED) is 0.742. The summed E-state index contributed by atoms with van der Waals surface area (Å²) < 4.78 is 7.23. The third-order valence-corrected chi connectivity index (χ3v) is 4.55. The standard InChI is InChI=1S/C15H26N8O/c1-4-5-6-23-14(17-19-20-23)11-21-7-9-22(10-8-21)12(2)15-16-13(3)18-24-15/h12H,4-11H2,1-3H3/t12-/m1/s1. The molecule has 0 aromatic carbocycles. The molecule has 2 aromatic heterocycles. The zero-order valence-corrected chi connectivity index (χ0v) is 14.7. The van der Waals surface area contributed by atoms with Crippen LogP contribution >= 0.6 is 0 Å². The zero-order valence-electron chi connectivity index (χ0n) is 14.7. The third-order valence-electron chi connectivity index (χ3n) is 4.55. The molecule has 2 aromatic rings. The molecule has 0 saturated carbocycles. The summed E-state index contributed by atoms with van der Waals surface area (Å²) in [6.45, 7) is 11.8. The van der Waals surface area contributed by atoms with E-state index in [-0.39, 0.29) is 6.04 Å². The van der Waals surface area contributed by atoms with Crippen LogP contribution < -0.4 is 0 Å². The summed E-state index contributed by atoms with van der Waals surface area (Å²) in [7, 11) is 0. The highest BCUT2D eigenvalue weighted by atomic mass is 16.5. The van der Waals surface area contributed by atoms with E-state index in [4.69, 9.17) is 4.52 Å². The van der Waals surface area contributed by atoms with E-state index in [0.29, 0.717) is 11.7 Å². The maximum absolute atomic E-state index is 5.30. The molecule has 1 saturated heterocycles. The van der Waals surface area contributed by atoms with Crippen LogP contribution in [-0.2, 0) is 13.1 Å². The molecule has 0 aliphatic carbocycles. The van der Waals surface area contributed by atoms with Crippen molar-refractivity contribution in [3.63, 3.8) is 0 Å². The van der Waals surface area contributed by atoms with E-state index in [1.807, 2.05) is 11.6 Å². The molecule has 9 nitrogen and oxygen atoms in total. The Balaban J connectivity index is 1.51. The van der Waals surface area contributed by atoms with Crippen LogP contribution in [0.2, 0.25) is 0 Å². The van der Waals surface area contributed by atoms with Gasteiger partial charge in [-0.1, -0.05) is 18.5 Å². The Bertz CT molecular complexity index is 631. The number of hydrogen-bond donors (Lipinski definition) is 0. The van der Waals surface area contributed by atoms with Gasteiger partial charge in [0.2, 0.25) is 5.89 Å². The molecule has 0 amide bonds. The van der Waals surface area contributed by atoms with Gasteiger partial charge in [-0.15, -0.1) is 5.10 Å². The highest BCUT2D eigenvalue weighted by Gasteiger charge is 2.26. The predicted octanol–water partition coefficient (Wildman–Crippen LogP) is 1.04. The average Bonchev–Trinajstić information content (AvgIpc) is 3.22. The van der Waals surface area contributed by atoms with Gasteiger partial charge in [-0.05, 0) is 30.7 Å². The topological polar surface area (TPSA) is 89.0 Å². The monoisotopic (exact) mass is 334 g/mol. The number of nitrogens with zero attached hydrogens (tertiary/aromatic N) is 8. The summed E-state index contributed by atoms with van der Waals surface area (Å²) in [5.74, 6) is 2.34. The number of hydrogen-bond acceptors (Lipinski definition) is 8. The zero-order chi connectivity index (χ0) is 16.9. The van der Waals surface area contributed by atoms with Crippen molar-refractivity contribution in [1.82, 2.24) is 40.1 Å². The van der Waals surface area contributed by atoms with Gasteiger partial charge in [0.15, 0.2) is 11.6 Å². The minimum atomic E-state index is 0.156. The maximum Gasteiger partial charge on any atom is 0.243 e. The average molecular weight is 334 g/mol. The van der Waals surface area contributed by atoms with Crippen LogP contribution in [0.25, 0.3) is 0 Å². The number of aromatic nitrogens is 6. The van der Waals surface area contributed by atoms with Crippen LogP contribution in [0, 0.1) is 6.92 Å². The van der Waals surface area contributed by atoms with Crippen molar-refractivity contribution in [3.05, 3.63) is 17.5 Å². The molecule has 0 unspecified atom stereocenters. The fourth-order valence-corrected chi connectivity index (χ4v) is 2.97. The van der Waals surface area contributed by atoms with E-state index >= 15 is 0 Å². The van der Waals surface area contributed by atoms with Crippen molar-refractivity contribution in [2.45, 2.75) is 52.7 Å². The summed E-state index contributed by atoms with van der Waals surface area (Å²) in [6.07, 6.45) is 2.25. The summed E-state index contributed by atoms with van der Waals surface area (Å²) in [5.41, 5.74) is 0. The smallest absolute Gasteiger partial charge is 0.243 e. The van der Waals surface area contributed by atoms with Crippen LogP contribution in [0.1, 0.15) is 50.3 Å². The molecular formula is C15H26N8O. The van der Waals surface area contributed by atoms with Gasteiger partial charge in [0.05, 0.1) is 12.6 Å². The summed E-state index contributed by atoms with van der Waals surface area (Å²) in [5, 5.41) is 16.0. The number of aryl methyl sites for hydroxylation is 2. The van der Waals surface area contributed by atoms with Gasteiger partial charge >= 0.3 is 0 Å². The van der Waals surface area contributed by atoms with Crippen molar-refractivity contribution < 1.29 is 4.52 Å². The minimum Gasteiger partial charge on any atom is -0.338 e. The van der Waals surface area contributed by atoms with E-state index in [2.05, 4.69) is 49.3 Å². The lowest BCUT2D eigenvalue weighted by Gasteiger charge is -2.36. The minimum absolute atomic E-state index is 0.156. The van der Waals surface area contributed by atoms with Crippen molar-refractivity contribution in [3.8, 4) is 0 Å². The second-order valence-corrected chi connectivity index (χ2v) is 6.34. The molecule has 0 N–H and O–H groups in total. The lowest BCUT2D eigenvalue weighted by atomic mass is 10.2. The van der Waals surface area contributed by atoms with Gasteiger partial charge in [-0.3, -0.25) is 9.80 Å². The first-order valence-electron chi connectivity index (χ1n) is 8.69. The Morgan fingerprint density at radius 3 is 2.67 bits per heavy atom. The highest BCUT2D eigenvalue weighted by Crippen LogP contribution is 2.20. The van der Waals surface area contributed by atoms with E-state index in [1.54, 1.807) is 0 Å². The molecule has 1 aliphatic rings. The summed E-state index contributed by atoms with van der Waals surface area (Å²) in [6, 6.07) is 0.156. The summed E-state index contributed by atoms with van der Waals surface area (Å²) >= 11 is 0. The van der Waals surface area contributed by atoms with Crippen molar-refractivity contribution >= 4 is 0 Å². The van der Waals surface area contributed by atoms with Gasteiger partial charge < -0.3 is 4.52 Å². The molecular weight excluding hydrogens is 308 g/mol. The predicted molar refractivity (Wildman–Crippen MR) is 87.0 cm³/mol. The van der Waals surface area contributed by atoms with E-state index in [0.717, 1.165) is 57.9 Å². The van der Waals surface area contributed by atoms with Gasteiger partial charge in [0.25, 0.3) is 0 Å². The molecule has 3 rings (SSSR count). The third kappa shape index (κ3) is 3.96. The molecule has 0 spiro atoms. The van der Waals surface area contributed by atoms with Gasteiger partial charge in [-0.2, -0.15) is 4.98 Å². The molecule has 1 fully saturated rings. The first kappa shape index (κ1) is 17.0. The Kier molecular flexibility index (Phi) is 5.52. The van der Waals surface area contributed by atoms with Gasteiger partial charge in [0, 0.05) is 32.7 Å². The Labute approximate surface area is 142 Å². The van der Waals surface area contributed by atoms with Crippen LogP contribution in [0.3, 0.4) is 0 Å². The molecule has 0 bridgehead atoms. The molecule has 1 atom stereocenters. The highest BCUT2D eigenvalue weighted by molar-refractivity contribution is 4.92. The second-order valence-electron chi connectivity index (χ2n) is 6.34. The van der Waals surface area contributed by atoms with Gasteiger partial charge in [-0.25, -0.2) is 4.68 Å². The van der Waals surface area contributed by atoms with Crippen LogP contribution in [0.5, 0.6) is 0 Å². The second kappa shape index (κ2) is 7.80. The van der Waals surface area contributed by atoms with Crippen LogP contribution in [-0.4, -0.2) is 66.3 Å². The molecule has 9 heteroatoms. The number of piperazine rings is 1. The van der Waals surface area contributed by atoms with Gasteiger partial charge in [0.1, 0.15) is 0 Å². The van der Waals surface area contributed by atoms with Crippen LogP contribution in [0.15, 0.2) is 4.52 Å². The van der Waals surface area contributed by atoms with E-state index in [1.165, 1.54) is 0 Å². The lowest BCUT2D eigenvalue weighted by Crippen LogP contribution is -2.47. The van der Waals surface area contributed by atoms with Crippen molar-refractivity contribution in [2.75, 3.05) is 26.2 Å². The van der Waals surface area contributed by atoms with Crippen LogP contribution in [0.4, 0.5) is 0 Å². The fraction of sp³-hybridized carbons (Fsp3) is 0.800. The number of unbranched alkanes of at least 4 members (excludes halogenated alkanes) is 1. The first-order chi connectivity index (χ1) is 11.7. The molecule has 24 heavy (non-hydrogen) atoms.